The third kappa shape index (κ3) is 4.42. The molecule has 0 aliphatic carbocycles. The van der Waals surface area contributed by atoms with Gasteiger partial charge >= 0.3 is 0 Å². The summed E-state index contributed by atoms with van der Waals surface area (Å²) in [4.78, 5) is 2.65. The zero-order valence-electron chi connectivity index (χ0n) is 8.15. The maximum absolute atomic E-state index is 8.05. The van der Waals surface area contributed by atoms with Crippen LogP contribution >= 0.6 is 11.6 Å². The first-order chi connectivity index (χ1) is 7.36. The largest absolute Gasteiger partial charge is 0.122 e. The zero-order chi connectivity index (χ0) is 10.9. The molecule has 0 saturated heterocycles. The fourth-order valence-corrected chi connectivity index (χ4v) is 1.21. The summed E-state index contributed by atoms with van der Waals surface area (Å²) in [6.07, 6.45) is 0.579. The smallest absolute Gasteiger partial charge is 0.0474 e. The molecule has 0 radical (unpaired) electrons. The van der Waals surface area contributed by atoms with Crippen molar-refractivity contribution < 1.29 is 0 Å². The Labute approximate surface area is 93.7 Å². The van der Waals surface area contributed by atoms with Gasteiger partial charge in [-0.05, 0) is 23.2 Å². The number of nitrogens with zero attached hydrogens (tertiary/aromatic N) is 3. The van der Waals surface area contributed by atoms with Gasteiger partial charge in [0.1, 0.15) is 0 Å². The van der Waals surface area contributed by atoms with Gasteiger partial charge in [0.25, 0.3) is 0 Å². The summed E-state index contributed by atoms with van der Waals surface area (Å²) >= 11 is 5.70. The summed E-state index contributed by atoms with van der Waals surface area (Å²) in [5, 5.41) is 3.39. The predicted molar refractivity (Wildman–Crippen MR) is 61.5 cm³/mol. The van der Waals surface area contributed by atoms with E-state index < -0.39 is 0 Å². The predicted octanol–water partition coefficient (Wildman–Crippen LogP) is 3.48. The average molecular weight is 220 g/mol. The van der Waals surface area contributed by atoms with E-state index in [-0.39, 0.29) is 0 Å². The molecule has 1 aromatic carbocycles. The zero-order valence-corrected chi connectivity index (χ0v) is 8.91. The van der Waals surface area contributed by atoms with Crippen molar-refractivity contribution in [2.75, 3.05) is 6.54 Å². The molecule has 4 heteroatoms. The van der Waals surface area contributed by atoms with Crippen molar-refractivity contribution in [1.29, 1.82) is 0 Å². The standard InChI is InChI=1S/C11H10ClN3/c12-9-11-6-3-5-10(8-11)4-1-2-7-14-15-13/h3,5-6,8H,2,7,9H2. The van der Waals surface area contributed by atoms with Crippen LogP contribution in [0.5, 0.6) is 0 Å². The molecule has 1 rings (SSSR count). The SMILES string of the molecule is [N-]=[N+]=NCCC#Cc1cccc(CCl)c1. The second kappa shape index (κ2) is 6.78. The second-order valence-corrected chi connectivity index (χ2v) is 3.11. The van der Waals surface area contributed by atoms with Crippen molar-refractivity contribution in [3.63, 3.8) is 0 Å². The van der Waals surface area contributed by atoms with Gasteiger partial charge in [0, 0.05) is 29.3 Å². The lowest BCUT2D eigenvalue weighted by Gasteiger charge is -1.94. The first-order valence-electron chi connectivity index (χ1n) is 4.51. The molecule has 15 heavy (non-hydrogen) atoms. The van der Waals surface area contributed by atoms with Crippen LogP contribution in [0.25, 0.3) is 10.4 Å². The minimum atomic E-state index is 0.415. The van der Waals surface area contributed by atoms with Gasteiger partial charge in [-0.3, -0.25) is 0 Å². The van der Waals surface area contributed by atoms with Crippen LogP contribution in [0.4, 0.5) is 0 Å². The number of hydrogen-bond donors (Lipinski definition) is 0. The molecule has 0 aliphatic heterocycles. The van der Waals surface area contributed by atoms with E-state index in [1.165, 1.54) is 0 Å². The lowest BCUT2D eigenvalue weighted by molar-refractivity contribution is 1.01. The first-order valence-corrected chi connectivity index (χ1v) is 5.05. The van der Waals surface area contributed by atoms with Gasteiger partial charge < -0.3 is 0 Å². The van der Waals surface area contributed by atoms with Gasteiger partial charge in [0.2, 0.25) is 0 Å². The highest BCUT2D eigenvalue weighted by atomic mass is 35.5. The molecule has 0 amide bonds. The fraction of sp³-hybridized carbons (Fsp3) is 0.273. The summed E-state index contributed by atoms with van der Waals surface area (Å²) < 4.78 is 0. The molecular weight excluding hydrogens is 210 g/mol. The summed E-state index contributed by atoms with van der Waals surface area (Å²) in [5.74, 6) is 6.41. The number of benzene rings is 1. The maximum Gasteiger partial charge on any atom is 0.0474 e. The normalized spacial score (nSPS) is 8.60. The Balaban J connectivity index is 2.58. The van der Waals surface area contributed by atoms with Gasteiger partial charge in [0.05, 0.1) is 0 Å². The highest BCUT2D eigenvalue weighted by Gasteiger charge is 1.90. The monoisotopic (exact) mass is 219 g/mol. The number of azide groups is 1. The number of halogens is 1. The summed E-state index contributed by atoms with van der Waals surface area (Å²) in [5.41, 5.74) is 10.0. The van der Waals surface area contributed by atoms with E-state index in [9.17, 15) is 0 Å². The molecule has 0 spiro atoms. The molecule has 3 nitrogen and oxygen atoms in total. The molecule has 0 saturated carbocycles. The average Bonchev–Trinajstić information content (AvgIpc) is 2.29. The molecule has 0 fully saturated rings. The summed E-state index contributed by atoms with van der Waals surface area (Å²) in [6, 6.07) is 7.76. The minimum Gasteiger partial charge on any atom is -0.122 e. The lowest BCUT2D eigenvalue weighted by atomic mass is 10.1. The third-order valence-corrected chi connectivity index (χ3v) is 2.02. The summed E-state index contributed by atoms with van der Waals surface area (Å²) in [7, 11) is 0. The number of hydrogen-bond acceptors (Lipinski definition) is 1. The van der Waals surface area contributed by atoms with Crippen LogP contribution in [0.1, 0.15) is 17.5 Å². The van der Waals surface area contributed by atoms with Crippen LogP contribution in [0, 0.1) is 11.8 Å². The van der Waals surface area contributed by atoms with Crippen molar-refractivity contribution in [1.82, 2.24) is 0 Å². The van der Waals surface area contributed by atoms with Crippen LogP contribution in [-0.4, -0.2) is 6.54 Å². The van der Waals surface area contributed by atoms with Gasteiger partial charge in [-0.25, -0.2) is 0 Å². The van der Waals surface area contributed by atoms with Crippen LogP contribution in [0.2, 0.25) is 0 Å². The minimum absolute atomic E-state index is 0.415. The second-order valence-electron chi connectivity index (χ2n) is 2.84. The Bertz CT molecular complexity index is 425. The highest BCUT2D eigenvalue weighted by molar-refractivity contribution is 6.17. The van der Waals surface area contributed by atoms with Gasteiger partial charge in [0.15, 0.2) is 0 Å². The van der Waals surface area contributed by atoms with Crippen molar-refractivity contribution >= 4 is 11.6 Å². The molecule has 76 valence electrons. The molecule has 0 aliphatic rings. The van der Waals surface area contributed by atoms with Crippen LogP contribution in [0.3, 0.4) is 0 Å². The quantitative estimate of drug-likeness (QED) is 0.187. The highest BCUT2D eigenvalue weighted by Crippen LogP contribution is 2.06. The Morgan fingerprint density at radius 3 is 3.07 bits per heavy atom. The van der Waals surface area contributed by atoms with E-state index in [0.29, 0.717) is 18.8 Å². The number of alkyl halides is 1. The summed E-state index contributed by atoms with van der Waals surface area (Å²) in [6.45, 7) is 0.415. The van der Waals surface area contributed by atoms with Crippen molar-refractivity contribution in [3.8, 4) is 11.8 Å². The fourth-order valence-electron chi connectivity index (χ4n) is 1.05. The van der Waals surface area contributed by atoms with E-state index in [2.05, 4.69) is 21.9 Å². The van der Waals surface area contributed by atoms with E-state index >= 15 is 0 Å². The van der Waals surface area contributed by atoms with Crippen molar-refractivity contribution in [2.24, 2.45) is 5.11 Å². The first kappa shape index (κ1) is 11.5. The maximum atomic E-state index is 8.05. The Morgan fingerprint density at radius 1 is 1.47 bits per heavy atom. The molecular formula is C11H10ClN3. The molecule has 1 aromatic rings. The topological polar surface area (TPSA) is 48.8 Å². The Hall–Kier alpha value is -1.62. The molecule has 0 heterocycles. The van der Waals surface area contributed by atoms with Crippen LogP contribution in [-0.2, 0) is 5.88 Å². The molecule has 0 N–H and O–H groups in total. The van der Waals surface area contributed by atoms with E-state index in [1.807, 2.05) is 24.3 Å². The number of rotatable bonds is 3. The lowest BCUT2D eigenvalue weighted by Crippen LogP contribution is -1.80. The molecule has 0 bridgehead atoms. The van der Waals surface area contributed by atoms with E-state index in [4.69, 9.17) is 17.1 Å². The van der Waals surface area contributed by atoms with E-state index in [0.717, 1.165) is 11.1 Å². The third-order valence-electron chi connectivity index (χ3n) is 1.71. The van der Waals surface area contributed by atoms with E-state index in [1.54, 1.807) is 0 Å². The molecule has 0 aromatic heterocycles. The molecule has 0 unspecified atom stereocenters. The van der Waals surface area contributed by atoms with Gasteiger partial charge in [-0.2, -0.15) is 0 Å². The van der Waals surface area contributed by atoms with Gasteiger partial charge in [-0.15, -0.1) is 11.6 Å². The van der Waals surface area contributed by atoms with Crippen molar-refractivity contribution in [2.45, 2.75) is 12.3 Å². The van der Waals surface area contributed by atoms with Crippen LogP contribution in [0.15, 0.2) is 29.4 Å². The van der Waals surface area contributed by atoms with Crippen LogP contribution < -0.4 is 0 Å². The molecule has 0 atom stereocenters. The van der Waals surface area contributed by atoms with Gasteiger partial charge in [-0.1, -0.05) is 29.1 Å². The Kier molecular flexibility index (Phi) is 5.18. The van der Waals surface area contributed by atoms with Crippen molar-refractivity contribution in [3.05, 3.63) is 45.8 Å². The Morgan fingerprint density at radius 2 is 2.33 bits per heavy atom.